The maximum atomic E-state index is 3.67. The maximum absolute atomic E-state index is 3.67. The average molecular weight is 213 g/mol. The summed E-state index contributed by atoms with van der Waals surface area (Å²) in [6.07, 6.45) is 2.45. The Bertz CT molecular complexity index is 172. The van der Waals surface area contributed by atoms with Crippen molar-refractivity contribution in [1.29, 1.82) is 0 Å². The van der Waals surface area contributed by atoms with Gasteiger partial charge < -0.3 is 10.2 Å². The minimum absolute atomic E-state index is 0.651. The second kappa shape index (κ2) is 6.46. The van der Waals surface area contributed by atoms with Crippen LogP contribution in [0, 0.1) is 0 Å². The lowest BCUT2D eigenvalue weighted by atomic mass is 10.0. The Morgan fingerprint density at radius 2 is 2.00 bits per heavy atom. The SMILES string of the molecule is CCCNC(CC)C1CN(C)CCN1C. The first kappa shape index (κ1) is 12.9. The van der Waals surface area contributed by atoms with Crippen molar-refractivity contribution in [2.24, 2.45) is 0 Å². The second-order valence-corrected chi connectivity index (χ2v) is 4.78. The predicted octanol–water partition coefficient (Wildman–Crippen LogP) is 1.01. The van der Waals surface area contributed by atoms with E-state index in [0.29, 0.717) is 12.1 Å². The van der Waals surface area contributed by atoms with Gasteiger partial charge in [-0.3, -0.25) is 4.90 Å². The molecule has 1 aliphatic rings. The van der Waals surface area contributed by atoms with Crippen molar-refractivity contribution in [3.63, 3.8) is 0 Å². The van der Waals surface area contributed by atoms with Crippen LogP contribution in [0.4, 0.5) is 0 Å². The molecule has 2 atom stereocenters. The fourth-order valence-corrected chi connectivity index (χ4v) is 2.36. The first-order valence-electron chi connectivity index (χ1n) is 6.31. The molecule has 0 aliphatic carbocycles. The van der Waals surface area contributed by atoms with Gasteiger partial charge in [-0.15, -0.1) is 0 Å². The third kappa shape index (κ3) is 3.74. The zero-order valence-electron chi connectivity index (χ0n) is 10.8. The monoisotopic (exact) mass is 213 g/mol. The van der Waals surface area contributed by atoms with Crippen molar-refractivity contribution in [2.45, 2.75) is 38.8 Å². The van der Waals surface area contributed by atoms with E-state index in [2.05, 4.69) is 43.1 Å². The van der Waals surface area contributed by atoms with E-state index in [1.165, 1.54) is 32.5 Å². The Balaban J connectivity index is 2.48. The quantitative estimate of drug-likeness (QED) is 0.735. The second-order valence-electron chi connectivity index (χ2n) is 4.78. The molecule has 0 aromatic heterocycles. The van der Waals surface area contributed by atoms with Crippen LogP contribution in [0.5, 0.6) is 0 Å². The highest BCUT2D eigenvalue weighted by molar-refractivity contribution is 4.87. The Labute approximate surface area is 94.8 Å². The highest BCUT2D eigenvalue weighted by Gasteiger charge is 2.28. The van der Waals surface area contributed by atoms with Crippen LogP contribution < -0.4 is 5.32 Å². The molecule has 2 unspecified atom stereocenters. The average Bonchev–Trinajstić information content (AvgIpc) is 2.24. The van der Waals surface area contributed by atoms with E-state index in [-0.39, 0.29) is 0 Å². The van der Waals surface area contributed by atoms with Crippen LogP contribution in [-0.2, 0) is 0 Å². The highest BCUT2D eigenvalue weighted by atomic mass is 15.3. The molecule has 0 aromatic carbocycles. The zero-order chi connectivity index (χ0) is 11.3. The molecule has 0 radical (unpaired) electrons. The van der Waals surface area contributed by atoms with Gasteiger partial charge in [0.15, 0.2) is 0 Å². The molecule has 90 valence electrons. The predicted molar refractivity (Wildman–Crippen MR) is 66.3 cm³/mol. The van der Waals surface area contributed by atoms with E-state index in [1.807, 2.05) is 0 Å². The van der Waals surface area contributed by atoms with Crippen molar-refractivity contribution in [3.8, 4) is 0 Å². The summed E-state index contributed by atoms with van der Waals surface area (Å²) in [6.45, 7) is 9.27. The minimum Gasteiger partial charge on any atom is -0.312 e. The molecule has 0 spiro atoms. The summed E-state index contributed by atoms with van der Waals surface area (Å²) < 4.78 is 0. The number of rotatable bonds is 5. The summed E-state index contributed by atoms with van der Waals surface area (Å²) in [4.78, 5) is 4.96. The summed E-state index contributed by atoms with van der Waals surface area (Å²) >= 11 is 0. The number of piperazine rings is 1. The van der Waals surface area contributed by atoms with Crippen molar-refractivity contribution in [1.82, 2.24) is 15.1 Å². The lowest BCUT2D eigenvalue weighted by Crippen LogP contribution is -2.58. The summed E-state index contributed by atoms with van der Waals surface area (Å²) in [6, 6.07) is 1.33. The Hall–Kier alpha value is -0.120. The molecule has 1 fully saturated rings. The molecule has 0 saturated carbocycles. The molecule has 1 rings (SSSR count). The lowest BCUT2D eigenvalue weighted by molar-refractivity contribution is 0.0866. The van der Waals surface area contributed by atoms with Crippen molar-refractivity contribution in [2.75, 3.05) is 40.3 Å². The van der Waals surface area contributed by atoms with Gasteiger partial charge >= 0.3 is 0 Å². The number of hydrogen-bond donors (Lipinski definition) is 1. The van der Waals surface area contributed by atoms with Crippen LogP contribution in [0.25, 0.3) is 0 Å². The third-order valence-electron chi connectivity index (χ3n) is 3.46. The maximum Gasteiger partial charge on any atom is 0.0373 e. The highest BCUT2D eigenvalue weighted by Crippen LogP contribution is 2.12. The summed E-state index contributed by atoms with van der Waals surface area (Å²) in [7, 11) is 4.49. The largest absolute Gasteiger partial charge is 0.312 e. The molecule has 0 amide bonds. The molecule has 1 saturated heterocycles. The van der Waals surface area contributed by atoms with E-state index >= 15 is 0 Å². The number of nitrogens with zero attached hydrogens (tertiary/aromatic N) is 2. The van der Waals surface area contributed by atoms with E-state index < -0.39 is 0 Å². The number of likely N-dealkylation sites (N-methyl/N-ethyl adjacent to an activating group) is 2. The van der Waals surface area contributed by atoms with Crippen LogP contribution in [0.3, 0.4) is 0 Å². The van der Waals surface area contributed by atoms with Gasteiger partial charge in [0.05, 0.1) is 0 Å². The minimum atomic E-state index is 0.651. The van der Waals surface area contributed by atoms with Crippen molar-refractivity contribution in [3.05, 3.63) is 0 Å². The first-order chi connectivity index (χ1) is 7.19. The molecule has 3 nitrogen and oxygen atoms in total. The molecule has 3 heteroatoms. The van der Waals surface area contributed by atoms with E-state index in [4.69, 9.17) is 0 Å². The van der Waals surface area contributed by atoms with Gasteiger partial charge in [-0.1, -0.05) is 13.8 Å². The number of nitrogens with one attached hydrogen (secondary N) is 1. The lowest BCUT2D eigenvalue weighted by Gasteiger charge is -2.42. The summed E-state index contributed by atoms with van der Waals surface area (Å²) in [5.74, 6) is 0. The van der Waals surface area contributed by atoms with Crippen LogP contribution in [0.1, 0.15) is 26.7 Å². The van der Waals surface area contributed by atoms with E-state index in [1.54, 1.807) is 0 Å². The number of hydrogen-bond acceptors (Lipinski definition) is 3. The van der Waals surface area contributed by atoms with Crippen molar-refractivity contribution < 1.29 is 0 Å². The standard InChI is InChI=1S/C12H27N3/c1-5-7-13-11(6-2)12-10-14(3)8-9-15(12)4/h11-13H,5-10H2,1-4H3. The van der Waals surface area contributed by atoms with Crippen molar-refractivity contribution >= 4 is 0 Å². The molecule has 1 aliphatic heterocycles. The van der Waals surface area contributed by atoms with Gasteiger partial charge in [-0.2, -0.15) is 0 Å². The van der Waals surface area contributed by atoms with Gasteiger partial charge in [0.25, 0.3) is 0 Å². The molecular formula is C12H27N3. The topological polar surface area (TPSA) is 18.5 Å². The zero-order valence-corrected chi connectivity index (χ0v) is 10.8. The van der Waals surface area contributed by atoms with Gasteiger partial charge in [0, 0.05) is 31.7 Å². The smallest absolute Gasteiger partial charge is 0.0373 e. The fraction of sp³-hybridized carbons (Fsp3) is 1.00. The molecule has 0 bridgehead atoms. The van der Waals surface area contributed by atoms with Crippen LogP contribution in [0.15, 0.2) is 0 Å². The summed E-state index contributed by atoms with van der Waals surface area (Å²) in [5, 5.41) is 3.67. The van der Waals surface area contributed by atoms with E-state index in [0.717, 1.165) is 6.54 Å². The summed E-state index contributed by atoms with van der Waals surface area (Å²) in [5.41, 5.74) is 0. The van der Waals surface area contributed by atoms with Crippen LogP contribution in [0.2, 0.25) is 0 Å². The normalized spacial score (nSPS) is 26.8. The van der Waals surface area contributed by atoms with Crippen LogP contribution >= 0.6 is 0 Å². The molecule has 1 N–H and O–H groups in total. The van der Waals surface area contributed by atoms with E-state index in [9.17, 15) is 0 Å². The van der Waals surface area contributed by atoms with Crippen LogP contribution in [-0.4, -0.2) is 62.2 Å². The molecule has 15 heavy (non-hydrogen) atoms. The third-order valence-corrected chi connectivity index (χ3v) is 3.46. The fourth-order valence-electron chi connectivity index (χ4n) is 2.36. The van der Waals surface area contributed by atoms with Gasteiger partial charge in [-0.25, -0.2) is 0 Å². The Kier molecular flexibility index (Phi) is 5.58. The van der Waals surface area contributed by atoms with Gasteiger partial charge in [0.1, 0.15) is 0 Å². The first-order valence-corrected chi connectivity index (χ1v) is 6.31. The Morgan fingerprint density at radius 3 is 2.60 bits per heavy atom. The molecule has 1 heterocycles. The van der Waals surface area contributed by atoms with Gasteiger partial charge in [-0.05, 0) is 33.5 Å². The molecule has 0 aromatic rings. The molecular weight excluding hydrogens is 186 g/mol. The Morgan fingerprint density at radius 1 is 1.27 bits per heavy atom. The van der Waals surface area contributed by atoms with Gasteiger partial charge in [0.2, 0.25) is 0 Å².